The summed E-state index contributed by atoms with van der Waals surface area (Å²) in [5, 5.41) is 2.74. The van der Waals surface area contributed by atoms with Crippen LogP contribution in [0, 0.1) is 0 Å². The third-order valence-electron chi connectivity index (χ3n) is 2.29. The Morgan fingerprint density at radius 3 is 2.46 bits per heavy atom. The molecule has 4 heteroatoms. The summed E-state index contributed by atoms with van der Waals surface area (Å²) in [7, 11) is 0. The van der Waals surface area contributed by atoms with Crippen LogP contribution in [0.3, 0.4) is 0 Å². The zero-order valence-electron chi connectivity index (χ0n) is 7.61. The predicted molar refractivity (Wildman–Crippen MR) is 55.1 cm³/mol. The van der Waals surface area contributed by atoms with Crippen molar-refractivity contribution in [3.63, 3.8) is 0 Å². The Labute approximate surface area is 89.0 Å². The quantitative estimate of drug-likeness (QED) is 0.629. The Morgan fingerprint density at radius 2 is 1.69 bits per heavy atom. The molecule has 1 aliphatic rings. The summed E-state index contributed by atoms with van der Waals surface area (Å²) >= 11 is 11.8. The average Bonchev–Trinajstić information content (AvgIpc) is 2.08. The summed E-state index contributed by atoms with van der Waals surface area (Å²) in [6.45, 7) is 0.694. The Kier molecular flexibility index (Phi) is 4.33. The van der Waals surface area contributed by atoms with Crippen molar-refractivity contribution in [3.8, 4) is 0 Å². The molecule has 0 radical (unpaired) electrons. The first-order valence-corrected chi connectivity index (χ1v) is 5.55. The van der Waals surface area contributed by atoms with E-state index in [1.165, 1.54) is 12.8 Å². The maximum Gasteiger partial charge on any atom is 0.256 e. The van der Waals surface area contributed by atoms with Crippen LogP contribution in [0.25, 0.3) is 0 Å². The fourth-order valence-electron chi connectivity index (χ4n) is 1.45. The van der Waals surface area contributed by atoms with Gasteiger partial charge >= 0.3 is 0 Å². The highest BCUT2D eigenvalue weighted by Gasteiger charge is 2.32. The minimum atomic E-state index is -1.21. The van der Waals surface area contributed by atoms with Gasteiger partial charge in [0.2, 0.25) is 0 Å². The van der Waals surface area contributed by atoms with E-state index in [-0.39, 0.29) is 5.91 Å². The van der Waals surface area contributed by atoms with Gasteiger partial charge in [0.1, 0.15) is 0 Å². The van der Waals surface area contributed by atoms with E-state index in [2.05, 4.69) is 5.32 Å². The van der Waals surface area contributed by atoms with Gasteiger partial charge in [0, 0.05) is 6.54 Å². The molecule has 0 bridgehead atoms. The highest BCUT2D eigenvalue weighted by Crippen LogP contribution is 2.28. The molecule has 1 aliphatic heterocycles. The lowest BCUT2D eigenvalue weighted by atomic mass is 10.1. The van der Waals surface area contributed by atoms with Crippen LogP contribution < -0.4 is 5.32 Å². The molecule has 0 aromatic carbocycles. The lowest BCUT2D eigenvalue weighted by molar-refractivity contribution is -0.121. The number of carbonyl (C=O) groups excluding carboxylic acids is 1. The van der Waals surface area contributed by atoms with Crippen molar-refractivity contribution < 1.29 is 4.79 Å². The normalized spacial score (nSPS) is 24.9. The topological polar surface area (TPSA) is 29.1 Å². The van der Waals surface area contributed by atoms with Gasteiger partial charge in [-0.2, -0.15) is 0 Å². The fourth-order valence-corrected chi connectivity index (χ4v) is 1.85. The second kappa shape index (κ2) is 5.06. The van der Waals surface area contributed by atoms with Gasteiger partial charge in [0.15, 0.2) is 4.33 Å². The summed E-state index contributed by atoms with van der Waals surface area (Å²) in [5.41, 5.74) is 0. The third-order valence-corrected chi connectivity index (χ3v) is 3.01. The van der Waals surface area contributed by atoms with E-state index >= 15 is 0 Å². The fraction of sp³-hybridized carbons (Fsp3) is 0.889. The van der Waals surface area contributed by atoms with Gasteiger partial charge in [-0.15, -0.1) is 0 Å². The van der Waals surface area contributed by atoms with E-state index in [1.807, 2.05) is 0 Å². The standard InChI is InChI=1S/C9H15Cl2NO/c10-9(11)6-4-2-1-3-5-7-12-8(9)13/h1-7H2,(H,12,13). The Balaban J connectivity index is 2.47. The van der Waals surface area contributed by atoms with Crippen LogP contribution in [0.1, 0.15) is 38.5 Å². The zero-order valence-corrected chi connectivity index (χ0v) is 9.13. The average molecular weight is 224 g/mol. The highest BCUT2D eigenvalue weighted by atomic mass is 35.5. The highest BCUT2D eigenvalue weighted by molar-refractivity contribution is 6.58. The maximum absolute atomic E-state index is 11.4. The summed E-state index contributed by atoms with van der Waals surface area (Å²) in [6.07, 6.45) is 6.02. The van der Waals surface area contributed by atoms with Gasteiger partial charge in [-0.1, -0.05) is 42.5 Å². The van der Waals surface area contributed by atoms with Gasteiger partial charge < -0.3 is 5.32 Å². The van der Waals surface area contributed by atoms with Crippen molar-refractivity contribution in [1.29, 1.82) is 0 Å². The second-order valence-electron chi connectivity index (χ2n) is 3.48. The van der Waals surface area contributed by atoms with E-state index in [0.29, 0.717) is 13.0 Å². The molecule has 1 fully saturated rings. The number of nitrogens with one attached hydrogen (secondary N) is 1. The smallest absolute Gasteiger partial charge is 0.256 e. The molecule has 0 saturated carbocycles. The molecule has 1 rings (SSSR count). The Morgan fingerprint density at radius 1 is 1.08 bits per heavy atom. The SMILES string of the molecule is O=C1NCCCCCCCC1(Cl)Cl. The Hall–Kier alpha value is 0.0500. The van der Waals surface area contributed by atoms with Crippen molar-refractivity contribution in [1.82, 2.24) is 5.32 Å². The number of hydrogen-bond donors (Lipinski definition) is 1. The summed E-state index contributed by atoms with van der Waals surface area (Å²) in [4.78, 5) is 11.4. The molecule has 0 aromatic heterocycles. The molecule has 1 saturated heterocycles. The molecule has 0 spiro atoms. The van der Waals surface area contributed by atoms with E-state index in [9.17, 15) is 4.79 Å². The molecule has 0 atom stereocenters. The van der Waals surface area contributed by atoms with Gasteiger partial charge in [0.25, 0.3) is 5.91 Å². The summed E-state index contributed by atoms with van der Waals surface area (Å²) in [6, 6.07) is 0. The molecule has 0 unspecified atom stereocenters. The Bertz CT molecular complexity index is 182. The first-order chi connectivity index (χ1) is 6.13. The molecule has 1 amide bonds. The lowest BCUT2D eigenvalue weighted by Crippen LogP contribution is -2.39. The van der Waals surface area contributed by atoms with Crippen molar-refractivity contribution >= 4 is 29.1 Å². The maximum atomic E-state index is 11.4. The third kappa shape index (κ3) is 3.74. The van der Waals surface area contributed by atoms with Crippen LogP contribution in [0.2, 0.25) is 0 Å². The van der Waals surface area contributed by atoms with Crippen LogP contribution in [-0.2, 0) is 4.79 Å². The van der Waals surface area contributed by atoms with E-state index in [1.54, 1.807) is 0 Å². The van der Waals surface area contributed by atoms with E-state index in [4.69, 9.17) is 23.2 Å². The van der Waals surface area contributed by atoms with Crippen molar-refractivity contribution in [2.24, 2.45) is 0 Å². The van der Waals surface area contributed by atoms with Gasteiger partial charge in [-0.05, 0) is 19.3 Å². The predicted octanol–water partition coefficient (Wildman–Crippen LogP) is 2.63. The first kappa shape index (κ1) is 11.1. The van der Waals surface area contributed by atoms with Crippen LogP contribution in [0.15, 0.2) is 0 Å². The van der Waals surface area contributed by atoms with Crippen molar-refractivity contribution in [2.75, 3.05) is 6.54 Å². The summed E-state index contributed by atoms with van der Waals surface area (Å²) < 4.78 is -1.21. The van der Waals surface area contributed by atoms with Crippen LogP contribution in [-0.4, -0.2) is 16.8 Å². The van der Waals surface area contributed by atoms with Crippen LogP contribution in [0.5, 0.6) is 0 Å². The zero-order chi connectivity index (χ0) is 9.73. The molecule has 1 N–H and O–H groups in total. The number of alkyl halides is 2. The molecule has 0 aromatic rings. The minimum absolute atomic E-state index is 0.238. The molecular formula is C9H15Cl2NO. The van der Waals surface area contributed by atoms with E-state index in [0.717, 1.165) is 19.3 Å². The van der Waals surface area contributed by atoms with Gasteiger partial charge in [-0.25, -0.2) is 0 Å². The number of hydrogen-bond acceptors (Lipinski definition) is 1. The van der Waals surface area contributed by atoms with Gasteiger partial charge in [-0.3, -0.25) is 4.79 Å². The second-order valence-corrected chi connectivity index (χ2v) is 4.96. The number of amides is 1. The molecule has 2 nitrogen and oxygen atoms in total. The van der Waals surface area contributed by atoms with Crippen molar-refractivity contribution in [3.05, 3.63) is 0 Å². The molecule has 13 heavy (non-hydrogen) atoms. The van der Waals surface area contributed by atoms with Gasteiger partial charge in [0.05, 0.1) is 0 Å². The molecule has 1 heterocycles. The summed E-state index contributed by atoms with van der Waals surface area (Å²) in [5.74, 6) is -0.238. The minimum Gasteiger partial charge on any atom is -0.353 e. The number of carbonyl (C=O) groups is 1. The van der Waals surface area contributed by atoms with Crippen molar-refractivity contribution in [2.45, 2.75) is 42.9 Å². The number of halogens is 2. The van der Waals surface area contributed by atoms with E-state index < -0.39 is 4.33 Å². The molecule has 76 valence electrons. The monoisotopic (exact) mass is 223 g/mol. The lowest BCUT2D eigenvalue weighted by Gasteiger charge is -2.20. The molecular weight excluding hydrogens is 209 g/mol. The first-order valence-electron chi connectivity index (χ1n) is 4.79. The van der Waals surface area contributed by atoms with Crippen LogP contribution in [0.4, 0.5) is 0 Å². The molecule has 0 aliphatic carbocycles. The largest absolute Gasteiger partial charge is 0.353 e. The van der Waals surface area contributed by atoms with Crippen LogP contribution >= 0.6 is 23.2 Å². The number of rotatable bonds is 0.